The highest BCUT2D eigenvalue weighted by molar-refractivity contribution is 7.94. The van der Waals surface area contributed by atoms with E-state index >= 15 is 0 Å². The SMILES string of the molecule is CO[C@H]1/C=C/CCC[S@@](=O)(CC(=O)CC(C)C)=NC(=O)c2ccc3c(c2)N(C[C@@H]2CC[C@H]21)C[C@@]1(CCCc2cc(Cl)ccc21)CO3. The molecule has 2 aliphatic heterocycles. The molecule has 2 aromatic rings. The molecule has 1 saturated carbocycles. The van der Waals surface area contributed by atoms with E-state index in [2.05, 4.69) is 33.5 Å². The van der Waals surface area contributed by atoms with Crippen LogP contribution in [0.15, 0.2) is 52.9 Å². The first-order valence-electron chi connectivity index (χ1n) is 16.9. The molecule has 2 aliphatic carbocycles. The number of hydrogen-bond acceptors (Lipinski definition) is 6. The van der Waals surface area contributed by atoms with E-state index < -0.39 is 15.6 Å². The van der Waals surface area contributed by atoms with E-state index in [1.54, 1.807) is 13.2 Å². The number of hydrogen-bond donors (Lipinski definition) is 0. The van der Waals surface area contributed by atoms with E-state index in [0.717, 1.165) is 61.7 Å². The topological polar surface area (TPSA) is 85.3 Å². The van der Waals surface area contributed by atoms with Crippen molar-refractivity contribution in [1.29, 1.82) is 0 Å². The molecule has 6 rings (SSSR count). The van der Waals surface area contributed by atoms with Crippen molar-refractivity contribution in [3.05, 3.63) is 70.3 Å². The van der Waals surface area contributed by atoms with Gasteiger partial charge in [0.2, 0.25) is 0 Å². The van der Waals surface area contributed by atoms with Gasteiger partial charge in [-0.1, -0.05) is 43.7 Å². The molecule has 2 bridgehead atoms. The fraction of sp³-hybridized carbons (Fsp3) is 0.568. The van der Waals surface area contributed by atoms with Gasteiger partial charge in [0.15, 0.2) is 0 Å². The summed E-state index contributed by atoms with van der Waals surface area (Å²) in [6, 6.07) is 11.7. The molecule has 7 nitrogen and oxygen atoms in total. The zero-order valence-corrected chi connectivity index (χ0v) is 28.9. The summed E-state index contributed by atoms with van der Waals surface area (Å²) in [4.78, 5) is 29.0. The summed E-state index contributed by atoms with van der Waals surface area (Å²) in [7, 11) is -1.31. The van der Waals surface area contributed by atoms with Crippen LogP contribution in [-0.2, 0) is 31.1 Å². The maximum atomic E-state index is 14.1. The monoisotopic (exact) mass is 666 g/mol. The minimum Gasteiger partial charge on any atom is -0.490 e. The molecule has 1 amide bonds. The van der Waals surface area contributed by atoms with Crippen molar-refractivity contribution in [2.24, 2.45) is 22.1 Å². The predicted molar refractivity (Wildman–Crippen MR) is 185 cm³/mol. The fourth-order valence-corrected chi connectivity index (χ4v) is 10.1. The van der Waals surface area contributed by atoms with Gasteiger partial charge in [-0.3, -0.25) is 9.59 Å². The maximum Gasteiger partial charge on any atom is 0.285 e. The summed E-state index contributed by atoms with van der Waals surface area (Å²) in [6.45, 7) is 6.02. The number of carbonyl (C=O) groups is 2. The van der Waals surface area contributed by atoms with E-state index in [1.165, 1.54) is 11.1 Å². The minimum absolute atomic E-state index is 0.00422. The normalized spacial score (nSPS) is 30.3. The molecule has 5 atom stereocenters. The smallest absolute Gasteiger partial charge is 0.285 e. The van der Waals surface area contributed by atoms with Crippen LogP contribution in [0.4, 0.5) is 5.69 Å². The second kappa shape index (κ2) is 13.8. The summed E-state index contributed by atoms with van der Waals surface area (Å²) < 4.78 is 31.1. The average Bonchev–Trinajstić information content (AvgIpc) is 3.14. The van der Waals surface area contributed by atoms with Gasteiger partial charge in [0.1, 0.15) is 11.5 Å². The van der Waals surface area contributed by atoms with Crippen molar-refractivity contribution in [2.45, 2.75) is 76.7 Å². The number of aryl methyl sites for hydroxylation is 1. The number of rotatable bonds is 5. The first kappa shape index (κ1) is 33.2. The number of allylic oxidation sites excluding steroid dienone is 1. The summed E-state index contributed by atoms with van der Waals surface area (Å²) in [5.41, 5.74) is 3.59. The van der Waals surface area contributed by atoms with Gasteiger partial charge in [0, 0.05) is 48.4 Å². The Hall–Kier alpha value is -2.68. The summed E-state index contributed by atoms with van der Waals surface area (Å²) >= 11 is 6.44. The Labute approximate surface area is 279 Å². The van der Waals surface area contributed by atoms with Crippen molar-refractivity contribution in [3.63, 3.8) is 0 Å². The zero-order chi connectivity index (χ0) is 32.5. The Morgan fingerprint density at radius 2 is 2.04 bits per heavy atom. The molecule has 9 heteroatoms. The second-order valence-electron chi connectivity index (χ2n) is 14.2. The third kappa shape index (κ3) is 7.09. The van der Waals surface area contributed by atoms with E-state index in [4.69, 9.17) is 21.1 Å². The van der Waals surface area contributed by atoms with Gasteiger partial charge in [-0.05, 0) is 104 Å². The van der Waals surface area contributed by atoms with E-state index in [0.29, 0.717) is 43.3 Å². The van der Waals surface area contributed by atoms with Crippen molar-refractivity contribution in [2.75, 3.05) is 43.2 Å². The molecular formula is C37H47ClN2O5S. The molecule has 46 heavy (non-hydrogen) atoms. The van der Waals surface area contributed by atoms with Gasteiger partial charge in [-0.25, -0.2) is 4.21 Å². The molecule has 0 aromatic heterocycles. The van der Waals surface area contributed by atoms with Crippen LogP contribution in [0.3, 0.4) is 0 Å². The van der Waals surface area contributed by atoms with Crippen LogP contribution in [0.5, 0.6) is 5.75 Å². The van der Waals surface area contributed by atoms with Crippen molar-refractivity contribution < 1.29 is 23.3 Å². The number of ketones is 1. The van der Waals surface area contributed by atoms with Crippen LogP contribution in [-0.4, -0.2) is 60.3 Å². The predicted octanol–water partition coefficient (Wildman–Crippen LogP) is 7.43. The number of anilines is 1. The standard InChI is InChI=1S/C37H47ClN2O5S/c1-25(2)18-30(41)22-46(43)17-6-4-5-9-34(44-3)31-13-10-28(31)21-40-23-37(16-7-8-26-19-29(38)12-14-32(26)37)24-45-35-15-11-27(20-33(35)40)36(42)39-46/h5,9,11-12,14-15,19-20,25,28,31,34H,4,6-8,10,13,16-18,21-24H2,1-3H3/b9-5+/t28-,31+,34-,37-,46+/m0/s1. The molecule has 2 aromatic carbocycles. The Morgan fingerprint density at radius 3 is 2.80 bits per heavy atom. The number of ether oxygens (including phenoxy) is 2. The lowest BCUT2D eigenvalue weighted by molar-refractivity contribution is -0.117. The Balaban J connectivity index is 1.42. The highest BCUT2D eigenvalue weighted by Crippen LogP contribution is 2.47. The summed E-state index contributed by atoms with van der Waals surface area (Å²) in [6.07, 6.45) is 11.1. The van der Waals surface area contributed by atoms with Gasteiger partial charge < -0.3 is 14.4 Å². The number of Topliss-reactive ketones (excluding diaryl/α,β-unsaturated/α-hetero) is 1. The molecule has 0 unspecified atom stereocenters. The number of amides is 1. The van der Waals surface area contributed by atoms with E-state index in [1.807, 2.05) is 32.0 Å². The molecule has 0 N–H and O–H groups in total. The third-order valence-corrected chi connectivity index (χ3v) is 12.8. The first-order chi connectivity index (χ1) is 22.1. The van der Waals surface area contributed by atoms with Crippen LogP contribution in [0.1, 0.15) is 80.3 Å². The minimum atomic E-state index is -3.08. The maximum absolute atomic E-state index is 14.1. The lowest BCUT2D eigenvalue weighted by Gasteiger charge is -2.46. The Bertz CT molecular complexity index is 1630. The molecule has 4 aliphatic rings. The number of carbonyl (C=O) groups excluding carboxylic acids is 2. The molecule has 2 heterocycles. The summed E-state index contributed by atoms with van der Waals surface area (Å²) in [5.74, 6) is 1.04. The van der Waals surface area contributed by atoms with Gasteiger partial charge in [0.05, 0.1) is 33.9 Å². The largest absolute Gasteiger partial charge is 0.490 e. The first-order valence-corrected chi connectivity index (χ1v) is 19.1. The molecule has 1 fully saturated rings. The molecule has 0 radical (unpaired) electrons. The van der Waals surface area contributed by atoms with Crippen molar-refractivity contribution in [3.8, 4) is 5.75 Å². The highest BCUT2D eigenvalue weighted by Gasteiger charge is 2.44. The summed E-state index contributed by atoms with van der Waals surface area (Å²) in [5, 5.41) is 0.754. The van der Waals surface area contributed by atoms with Gasteiger partial charge >= 0.3 is 0 Å². The Morgan fingerprint density at radius 1 is 1.20 bits per heavy atom. The van der Waals surface area contributed by atoms with Crippen LogP contribution >= 0.6 is 11.6 Å². The van der Waals surface area contributed by atoms with Gasteiger partial charge in [-0.2, -0.15) is 4.36 Å². The number of benzene rings is 2. The number of nitrogens with zero attached hydrogens (tertiary/aromatic N) is 2. The van der Waals surface area contributed by atoms with Gasteiger partial charge in [0.25, 0.3) is 5.91 Å². The average molecular weight is 667 g/mol. The molecular weight excluding hydrogens is 620 g/mol. The Kier molecular flexibility index (Phi) is 9.98. The number of fused-ring (bicyclic) bond motifs is 4. The second-order valence-corrected chi connectivity index (χ2v) is 17.1. The zero-order valence-electron chi connectivity index (χ0n) is 27.3. The van der Waals surface area contributed by atoms with Crippen molar-refractivity contribution >= 4 is 38.7 Å². The van der Waals surface area contributed by atoms with Crippen LogP contribution in [0.2, 0.25) is 5.02 Å². The molecule has 0 saturated heterocycles. The van der Waals surface area contributed by atoms with Crippen molar-refractivity contribution in [1.82, 2.24) is 0 Å². The van der Waals surface area contributed by atoms with Crippen LogP contribution < -0.4 is 9.64 Å². The molecule has 1 spiro atoms. The lowest BCUT2D eigenvalue weighted by atomic mass is 9.68. The number of halogens is 1. The van der Waals surface area contributed by atoms with E-state index in [9.17, 15) is 13.8 Å². The quantitative estimate of drug-likeness (QED) is 0.309. The highest BCUT2D eigenvalue weighted by atomic mass is 35.5. The number of methoxy groups -OCH3 is 1. The van der Waals surface area contributed by atoms with Crippen LogP contribution in [0.25, 0.3) is 0 Å². The van der Waals surface area contributed by atoms with E-state index in [-0.39, 0.29) is 34.7 Å². The molecule has 248 valence electrons. The lowest BCUT2D eigenvalue weighted by Crippen LogP contribution is -2.49. The fourth-order valence-electron chi connectivity index (χ4n) is 7.96. The third-order valence-electron chi connectivity index (χ3n) is 10.3. The van der Waals surface area contributed by atoms with Gasteiger partial charge in [-0.15, -0.1) is 0 Å². The van der Waals surface area contributed by atoms with Crippen LogP contribution in [0, 0.1) is 17.8 Å².